The Hall–Kier alpha value is -2.47. The highest BCUT2D eigenvalue weighted by Crippen LogP contribution is 2.19. The van der Waals surface area contributed by atoms with E-state index in [0.717, 1.165) is 29.7 Å². The molecule has 7 nitrogen and oxygen atoms in total. The van der Waals surface area contributed by atoms with Gasteiger partial charge in [-0.1, -0.05) is 24.3 Å². The first-order chi connectivity index (χ1) is 15.0. The number of imidazole rings is 1. The van der Waals surface area contributed by atoms with Crippen molar-refractivity contribution in [3.8, 4) is 5.75 Å². The minimum absolute atomic E-state index is 0. The number of para-hydroxylation sites is 2. The molecular weight excluding hydrogens is 531 g/mol. The number of hydrogen-bond donors (Lipinski definition) is 4. The van der Waals surface area contributed by atoms with Crippen molar-refractivity contribution in [1.82, 2.24) is 20.6 Å². The average Bonchev–Trinajstić information content (AvgIpc) is 3.17. The summed E-state index contributed by atoms with van der Waals surface area (Å²) in [5, 5.41) is 16.7. The number of aromatic nitrogens is 2. The molecule has 0 radical (unpaired) electrons. The number of nitrogens with one attached hydrogen (secondary N) is 3. The summed E-state index contributed by atoms with van der Waals surface area (Å²) >= 11 is 0. The van der Waals surface area contributed by atoms with Crippen LogP contribution in [0.5, 0.6) is 5.75 Å². The van der Waals surface area contributed by atoms with E-state index in [-0.39, 0.29) is 36.3 Å². The number of ether oxygens (including phenoxy) is 1. The average molecular weight is 559 g/mol. The summed E-state index contributed by atoms with van der Waals surface area (Å²) in [6.07, 6.45) is 0.807. The van der Waals surface area contributed by atoms with E-state index >= 15 is 0 Å². The number of rotatable bonds is 10. The highest BCUT2D eigenvalue weighted by Gasteiger charge is 2.10. The lowest BCUT2D eigenvalue weighted by Gasteiger charge is -2.13. The minimum atomic E-state index is -2.87. The third-order valence-corrected chi connectivity index (χ3v) is 4.58. The molecule has 174 valence electrons. The molecule has 0 bridgehead atoms. The minimum Gasteiger partial charge on any atom is -0.435 e. The van der Waals surface area contributed by atoms with Crippen LogP contribution in [-0.4, -0.2) is 47.3 Å². The van der Waals surface area contributed by atoms with Crippen LogP contribution in [0.15, 0.2) is 53.5 Å². The molecule has 3 aromatic rings. The van der Waals surface area contributed by atoms with Gasteiger partial charge in [-0.2, -0.15) is 8.78 Å². The van der Waals surface area contributed by atoms with Crippen LogP contribution in [0.1, 0.15) is 30.8 Å². The van der Waals surface area contributed by atoms with E-state index in [1.54, 1.807) is 12.1 Å². The Bertz CT molecular complexity index is 949. The number of alkyl halides is 2. The largest absolute Gasteiger partial charge is 0.435 e. The number of fused-ring (bicyclic) bond motifs is 1. The monoisotopic (exact) mass is 559 g/mol. The summed E-state index contributed by atoms with van der Waals surface area (Å²) in [6, 6.07) is 13.8. The maximum absolute atomic E-state index is 12.2. The molecule has 1 atom stereocenters. The van der Waals surface area contributed by atoms with Crippen LogP contribution >= 0.6 is 24.0 Å². The van der Waals surface area contributed by atoms with Crippen molar-refractivity contribution in [2.75, 3.05) is 19.6 Å². The second-order valence-corrected chi connectivity index (χ2v) is 6.91. The van der Waals surface area contributed by atoms with Gasteiger partial charge in [0.15, 0.2) is 5.96 Å². The molecular formula is C22H28F2IN5O2. The normalized spacial score (nSPS) is 12.5. The van der Waals surface area contributed by atoms with E-state index in [9.17, 15) is 13.9 Å². The van der Waals surface area contributed by atoms with E-state index < -0.39 is 12.7 Å². The van der Waals surface area contributed by atoms with Crippen molar-refractivity contribution < 1.29 is 18.6 Å². The first kappa shape index (κ1) is 25.8. The number of benzene rings is 2. The van der Waals surface area contributed by atoms with Crippen molar-refractivity contribution in [2.45, 2.75) is 32.5 Å². The Morgan fingerprint density at radius 3 is 2.59 bits per heavy atom. The molecule has 3 rings (SSSR count). The van der Waals surface area contributed by atoms with Gasteiger partial charge in [0.2, 0.25) is 0 Å². The van der Waals surface area contributed by atoms with Gasteiger partial charge in [0.1, 0.15) is 11.6 Å². The van der Waals surface area contributed by atoms with Crippen molar-refractivity contribution in [2.24, 2.45) is 4.99 Å². The molecule has 1 heterocycles. The molecule has 0 aliphatic carbocycles. The number of aliphatic hydroxyl groups excluding tert-OH is 1. The maximum Gasteiger partial charge on any atom is 0.387 e. The molecule has 10 heteroatoms. The van der Waals surface area contributed by atoms with Gasteiger partial charge in [0, 0.05) is 19.5 Å². The van der Waals surface area contributed by atoms with Gasteiger partial charge >= 0.3 is 6.61 Å². The number of nitrogens with zero attached hydrogens (tertiary/aromatic N) is 2. The number of H-pyrrole nitrogens is 1. The van der Waals surface area contributed by atoms with Crippen LogP contribution in [0.3, 0.4) is 0 Å². The first-order valence-electron chi connectivity index (χ1n) is 10.2. The number of halogens is 3. The van der Waals surface area contributed by atoms with Crippen molar-refractivity contribution in [3.05, 3.63) is 59.9 Å². The summed E-state index contributed by atoms with van der Waals surface area (Å²) < 4.78 is 28.8. The highest BCUT2D eigenvalue weighted by atomic mass is 127. The highest BCUT2D eigenvalue weighted by molar-refractivity contribution is 14.0. The number of aryl methyl sites for hydroxylation is 1. The van der Waals surface area contributed by atoms with Crippen LogP contribution in [0.2, 0.25) is 0 Å². The van der Waals surface area contributed by atoms with Crippen LogP contribution < -0.4 is 15.4 Å². The van der Waals surface area contributed by atoms with Crippen LogP contribution in [-0.2, 0) is 6.42 Å². The van der Waals surface area contributed by atoms with Crippen LogP contribution in [0.4, 0.5) is 8.78 Å². The van der Waals surface area contributed by atoms with Gasteiger partial charge in [-0.25, -0.2) is 4.98 Å². The van der Waals surface area contributed by atoms with Crippen LogP contribution in [0.25, 0.3) is 11.0 Å². The predicted molar refractivity (Wildman–Crippen MR) is 132 cm³/mol. The molecule has 0 amide bonds. The van der Waals surface area contributed by atoms with Gasteiger partial charge < -0.3 is 25.5 Å². The molecule has 2 aromatic carbocycles. The number of guanidine groups is 1. The Morgan fingerprint density at radius 2 is 1.91 bits per heavy atom. The molecule has 4 N–H and O–H groups in total. The lowest BCUT2D eigenvalue weighted by atomic mass is 10.1. The topological polar surface area (TPSA) is 94.6 Å². The van der Waals surface area contributed by atoms with E-state index in [0.29, 0.717) is 24.6 Å². The molecule has 0 spiro atoms. The number of hydrogen-bond acceptors (Lipinski definition) is 4. The maximum atomic E-state index is 12.2. The Kier molecular flexibility index (Phi) is 10.6. The SMILES string of the molecule is CCNC(=NCC(O)c1ccc(OC(F)F)cc1)NCCCc1nc2ccccc2[nH]1.I. The van der Waals surface area contributed by atoms with Gasteiger partial charge in [-0.05, 0) is 43.2 Å². The molecule has 0 aliphatic heterocycles. The smallest absolute Gasteiger partial charge is 0.387 e. The van der Waals surface area contributed by atoms with Gasteiger partial charge in [-0.3, -0.25) is 4.99 Å². The van der Waals surface area contributed by atoms with Gasteiger partial charge in [0.25, 0.3) is 0 Å². The zero-order valence-corrected chi connectivity index (χ0v) is 20.1. The lowest BCUT2D eigenvalue weighted by molar-refractivity contribution is -0.0498. The first-order valence-corrected chi connectivity index (χ1v) is 10.2. The second kappa shape index (κ2) is 13.2. The quantitative estimate of drug-likeness (QED) is 0.130. The third kappa shape index (κ3) is 7.90. The molecule has 0 saturated heterocycles. The molecule has 1 unspecified atom stereocenters. The van der Waals surface area contributed by atoms with Crippen LogP contribution in [0, 0.1) is 0 Å². The van der Waals surface area contributed by atoms with Gasteiger partial charge in [-0.15, -0.1) is 24.0 Å². The fraction of sp³-hybridized carbons (Fsp3) is 0.364. The van der Waals surface area contributed by atoms with Gasteiger partial charge in [0.05, 0.1) is 23.7 Å². The predicted octanol–water partition coefficient (Wildman–Crippen LogP) is 4.00. The number of aliphatic hydroxyl groups is 1. The number of aliphatic imine (C=N–C) groups is 1. The van der Waals surface area contributed by atoms with Crippen molar-refractivity contribution in [1.29, 1.82) is 0 Å². The second-order valence-electron chi connectivity index (χ2n) is 6.91. The molecule has 0 fully saturated rings. The molecule has 32 heavy (non-hydrogen) atoms. The summed E-state index contributed by atoms with van der Waals surface area (Å²) in [4.78, 5) is 12.3. The number of aromatic amines is 1. The molecule has 1 aromatic heterocycles. The van der Waals surface area contributed by atoms with E-state index in [4.69, 9.17) is 0 Å². The van der Waals surface area contributed by atoms with E-state index in [1.807, 2.05) is 31.2 Å². The fourth-order valence-electron chi connectivity index (χ4n) is 3.08. The summed E-state index contributed by atoms with van der Waals surface area (Å²) in [7, 11) is 0. The summed E-state index contributed by atoms with van der Waals surface area (Å²) in [6.45, 7) is 0.600. The molecule has 0 saturated carbocycles. The lowest BCUT2D eigenvalue weighted by Crippen LogP contribution is -2.38. The Balaban J connectivity index is 0.00000363. The zero-order valence-electron chi connectivity index (χ0n) is 17.7. The fourth-order valence-corrected chi connectivity index (χ4v) is 3.08. The zero-order chi connectivity index (χ0) is 22.1. The van der Waals surface area contributed by atoms with Crippen molar-refractivity contribution in [3.63, 3.8) is 0 Å². The summed E-state index contributed by atoms with van der Waals surface area (Å²) in [5.74, 6) is 1.59. The standard InChI is InChI=1S/C22H27F2N5O2.HI/c1-2-25-22(26-13-5-8-20-28-17-6-3-4-7-18(17)29-20)27-14-19(30)15-9-11-16(12-10-15)31-21(23)24;/h3-4,6-7,9-12,19,21,30H,2,5,8,13-14H2,1H3,(H,28,29)(H2,25,26,27);1H. The Morgan fingerprint density at radius 1 is 1.16 bits per heavy atom. The Labute approximate surface area is 202 Å². The van der Waals surface area contributed by atoms with Crippen molar-refractivity contribution >= 4 is 41.0 Å². The molecule has 0 aliphatic rings. The third-order valence-electron chi connectivity index (χ3n) is 4.58. The van der Waals surface area contributed by atoms with E-state index in [2.05, 4.69) is 30.3 Å². The van der Waals surface area contributed by atoms with E-state index in [1.165, 1.54) is 12.1 Å². The summed E-state index contributed by atoms with van der Waals surface area (Å²) in [5.41, 5.74) is 2.57.